The predicted molar refractivity (Wildman–Crippen MR) is 268 cm³/mol. The summed E-state index contributed by atoms with van der Waals surface area (Å²) in [4.78, 5) is 0. The van der Waals surface area contributed by atoms with Crippen LogP contribution in [0.1, 0.15) is 75.6 Å². The number of hydrogen-bond donors (Lipinski definition) is 2. The van der Waals surface area contributed by atoms with E-state index in [1.807, 2.05) is 76.2 Å². The highest BCUT2D eigenvalue weighted by molar-refractivity contribution is 9.11. The summed E-state index contributed by atoms with van der Waals surface area (Å²) in [6, 6.07) is 32.4. The van der Waals surface area contributed by atoms with Crippen molar-refractivity contribution in [2.75, 3.05) is 39.5 Å². The van der Waals surface area contributed by atoms with Crippen molar-refractivity contribution in [1.82, 2.24) is 10.6 Å². The maximum Gasteiger partial charge on any atom is 0.697 e. The van der Waals surface area contributed by atoms with Gasteiger partial charge in [-0.1, -0.05) is 24.3 Å². The minimum absolute atomic E-state index is 0.122. The number of nitrogens with one attached hydrogen (secondary N) is 2. The van der Waals surface area contributed by atoms with E-state index in [-0.39, 0.29) is 12.2 Å². The molecule has 11 nitrogen and oxygen atoms in total. The Morgan fingerprint density at radius 3 is 1.35 bits per heavy atom. The molecule has 0 atom stereocenters. The van der Waals surface area contributed by atoms with Crippen LogP contribution in [-0.4, -0.2) is 51.7 Å². The molecular weight excluding hydrogens is 987 g/mol. The largest absolute Gasteiger partial charge is 0.697 e. The van der Waals surface area contributed by atoms with Crippen molar-refractivity contribution in [3.63, 3.8) is 0 Å². The van der Waals surface area contributed by atoms with Crippen LogP contribution in [0.3, 0.4) is 0 Å². The predicted octanol–water partition coefficient (Wildman–Crippen LogP) is 13.7. The van der Waals surface area contributed by atoms with Crippen LogP contribution < -0.4 is 29.6 Å². The highest BCUT2D eigenvalue weighted by atomic mass is 79.9. The number of halogens is 2. The molecule has 0 saturated heterocycles. The van der Waals surface area contributed by atoms with E-state index in [9.17, 15) is 4.57 Å². The molecule has 0 fully saturated rings. The summed E-state index contributed by atoms with van der Waals surface area (Å²) in [5.74, 6) is 4.79. The Bertz CT molecular complexity index is 2210. The fourth-order valence-corrected chi connectivity index (χ4v) is 8.74. The molecule has 2 heterocycles. The van der Waals surface area contributed by atoms with E-state index < -0.39 is 8.25 Å². The molecule has 0 saturated carbocycles. The van der Waals surface area contributed by atoms with Gasteiger partial charge >= 0.3 is 8.25 Å². The van der Waals surface area contributed by atoms with Gasteiger partial charge in [-0.25, -0.2) is 0 Å². The van der Waals surface area contributed by atoms with E-state index in [0.29, 0.717) is 65.4 Å². The van der Waals surface area contributed by atoms with Gasteiger partial charge in [-0.3, -0.25) is 0 Å². The first-order chi connectivity index (χ1) is 32.1. The van der Waals surface area contributed by atoms with Gasteiger partial charge in [0.15, 0.2) is 0 Å². The van der Waals surface area contributed by atoms with Gasteiger partial charge < -0.3 is 38.4 Å². The third-order valence-electron chi connectivity index (χ3n) is 10.2. The average molecular weight is 1050 g/mol. The fraction of sp³-hybridized carbons (Fsp3) is 0.385. The maximum atomic E-state index is 12.4. The summed E-state index contributed by atoms with van der Waals surface area (Å²) >= 11 is 7.26. The van der Waals surface area contributed by atoms with Crippen molar-refractivity contribution >= 4 is 40.1 Å². The van der Waals surface area contributed by atoms with Crippen LogP contribution in [0.4, 0.5) is 0 Å². The van der Waals surface area contributed by atoms with Crippen LogP contribution in [0, 0.1) is 0 Å². The quantitative estimate of drug-likeness (QED) is 0.0331. The Kier molecular flexibility index (Phi) is 21.1. The molecule has 4 aromatic carbocycles. The Labute approximate surface area is 407 Å². The topological polar surface area (TPSA) is 123 Å². The minimum atomic E-state index is -2.19. The van der Waals surface area contributed by atoms with Gasteiger partial charge in [0.25, 0.3) is 0 Å². The first-order valence-corrected chi connectivity index (χ1v) is 25.4. The van der Waals surface area contributed by atoms with Crippen LogP contribution >= 0.6 is 40.1 Å². The Morgan fingerprint density at radius 2 is 0.955 bits per heavy atom. The minimum Gasteiger partial charge on any atom is -0.493 e. The molecular formula is C52H62Br2N2O9P+. The Balaban J connectivity index is 0.831. The van der Waals surface area contributed by atoms with Gasteiger partial charge in [0.05, 0.1) is 58.0 Å². The zero-order valence-electron chi connectivity index (χ0n) is 38.3. The highest BCUT2D eigenvalue weighted by Gasteiger charge is 2.19. The number of aryl methyl sites for hydroxylation is 2. The lowest BCUT2D eigenvalue weighted by Gasteiger charge is -2.14. The zero-order chi connectivity index (χ0) is 46.5. The summed E-state index contributed by atoms with van der Waals surface area (Å²) in [5, 5.41) is 6.90. The van der Waals surface area contributed by atoms with Crippen molar-refractivity contribution in [3.8, 4) is 45.6 Å². The van der Waals surface area contributed by atoms with Gasteiger partial charge in [0, 0.05) is 17.7 Å². The Hall–Kier alpha value is -4.46. The molecule has 2 N–H and O–H groups in total. The first kappa shape index (κ1) is 50.9. The second-order valence-electron chi connectivity index (χ2n) is 16.3. The van der Waals surface area contributed by atoms with Gasteiger partial charge in [0.1, 0.15) is 47.7 Å². The van der Waals surface area contributed by atoms with E-state index in [1.165, 1.54) is 11.1 Å². The third-order valence-corrected chi connectivity index (χ3v) is 12.2. The Morgan fingerprint density at radius 1 is 0.530 bits per heavy atom. The fourth-order valence-electron chi connectivity index (χ4n) is 7.07. The van der Waals surface area contributed by atoms with Crippen molar-refractivity contribution in [2.24, 2.45) is 0 Å². The molecule has 0 aliphatic rings. The van der Waals surface area contributed by atoms with Crippen LogP contribution in [0.25, 0.3) is 22.6 Å². The van der Waals surface area contributed by atoms with Crippen molar-refractivity contribution in [1.29, 1.82) is 0 Å². The number of furan rings is 2. The van der Waals surface area contributed by atoms with Gasteiger partial charge in [0.2, 0.25) is 0 Å². The van der Waals surface area contributed by atoms with E-state index in [1.54, 1.807) is 12.5 Å². The van der Waals surface area contributed by atoms with Crippen LogP contribution in [0.2, 0.25) is 0 Å². The van der Waals surface area contributed by atoms with E-state index in [0.717, 1.165) is 91.4 Å². The molecule has 2 aromatic heterocycles. The number of benzene rings is 4. The van der Waals surface area contributed by atoms with Crippen LogP contribution in [0.15, 0.2) is 127 Å². The normalized spacial score (nSPS) is 11.4. The number of rotatable bonds is 30. The summed E-state index contributed by atoms with van der Waals surface area (Å²) in [5.41, 5.74) is 6.46. The molecule has 352 valence electrons. The summed E-state index contributed by atoms with van der Waals surface area (Å²) < 4.78 is 60.9. The summed E-state index contributed by atoms with van der Waals surface area (Å²) in [7, 11) is -2.19. The van der Waals surface area contributed by atoms with E-state index in [4.69, 9.17) is 36.8 Å². The molecule has 6 aromatic rings. The molecule has 6 rings (SSSR count). The molecule has 0 radical (unpaired) electrons. The van der Waals surface area contributed by atoms with Crippen molar-refractivity contribution < 1.29 is 41.4 Å². The lowest BCUT2D eigenvalue weighted by atomic mass is 10.1. The summed E-state index contributed by atoms with van der Waals surface area (Å²) in [6.45, 7) is 12.6. The molecule has 0 aliphatic carbocycles. The van der Waals surface area contributed by atoms with Crippen molar-refractivity contribution in [3.05, 3.63) is 141 Å². The molecule has 0 unspecified atom stereocenters. The number of hydrogen-bond acceptors (Lipinski definition) is 11. The molecule has 0 aliphatic heterocycles. The second kappa shape index (κ2) is 27.4. The average Bonchev–Trinajstić information content (AvgIpc) is 4.05. The number of ether oxygens (including phenoxy) is 4. The lowest BCUT2D eigenvalue weighted by molar-refractivity contribution is 0.220. The van der Waals surface area contributed by atoms with E-state index >= 15 is 0 Å². The van der Waals surface area contributed by atoms with Crippen LogP contribution in [-0.2, 0) is 39.5 Å². The van der Waals surface area contributed by atoms with Gasteiger partial charge in [-0.15, -0.1) is 9.05 Å². The monoisotopic (exact) mass is 1050 g/mol. The van der Waals surface area contributed by atoms with Gasteiger partial charge in [-0.05, 0) is 206 Å². The van der Waals surface area contributed by atoms with Crippen molar-refractivity contribution in [2.45, 2.75) is 91.5 Å². The molecule has 0 bridgehead atoms. The maximum absolute atomic E-state index is 12.4. The summed E-state index contributed by atoms with van der Waals surface area (Å²) in [6.07, 6.45) is 8.46. The molecule has 66 heavy (non-hydrogen) atoms. The molecule has 0 amide bonds. The third kappa shape index (κ3) is 17.0. The second-order valence-corrected chi connectivity index (χ2v) is 19.0. The SMILES string of the molecule is CC(C)Oc1ccc(CCCOc2ccc(CNCCCO[P+](=O)OCCCNCc3ccc(OCCCc4ccc(OC(C)C)c(Br)c4)c(-c4ccco4)c3)cc2-c2ccco2)cc1Br. The van der Waals surface area contributed by atoms with Gasteiger partial charge in [-0.2, -0.15) is 0 Å². The highest BCUT2D eigenvalue weighted by Crippen LogP contribution is 2.34. The zero-order valence-corrected chi connectivity index (χ0v) is 42.4. The first-order valence-electron chi connectivity index (χ1n) is 22.7. The van der Waals surface area contributed by atoms with Crippen LogP contribution in [0.5, 0.6) is 23.0 Å². The molecule has 0 spiro atoms. The lowest BCUT2D eigenvalue weighted by Crippen LogP contribution is -2.16. The standard InChI is InChI=1S/C52H62Br2N2O9P/c1-37(2)64-51-21-15-39(33-45(51)53)11-5-25-60-49-19-17-41(31-43(49)47-13-7-27-58-47)35-55-23-9-29-62-66(57)63-30-10-24-56-36-42-18-20-50(44(32-42)48-14-8-28-59-48)61-26-6-12-40-16-22-52(46(54)34-40)65-38(3)4/h7-8,13-22,27-28,31-34,37-38,55-56H,5-6,9-12,23-26,29-30,35-36H2,1-4H3/q+1. The molecule has 14 heteroatoms. The van der Waals surface area contributed by atoms with E-state index in [2.05, 4.69) is 91.0 Å². The smallest absolute Gasteiger partial charge is 0.493 e.